The second-order valence-corrected chi connectivity index (χ2v) is 7.60. The molecular weight excluding hydrogens is 369 g/mol. The summed E-state index contributed by atoms with van der Waals surface area (Å²) in [6.07, 6.45) is 0. The first-order valence-corrected chi connectivity index (χ1v) is 9.61. The fraction of sp³-hybridized carbons (Fsp3) is 0.350. The molecule has 0 radical (unpaired) electrons. The molecule has 1 aliphatic rings. The summed E-state index contributed by atoms with van der Waals surface area (Å²) < 4.78 is 0. The number of rotatable bonds is 5. The predicted molar refractivity (Wildman–Crippen MR) is 107 cm³/mol. The van der Waals surface area contributed by atoms with Gasteiger partial charge in [0.25, 0.3) is 5.91 Å². The highest BCUT2D eigenvalue weighted by Crippen LogP contribution is 2.25. The summed E-state index contributed by atoms with van der Waals surface area (Å²) in [6.45, 7) is 4.35. The molecule has 0 aromatic heterocycles. The molecule has 4 nitrogen and oxygen atoms in total. The van der Waals surface area contributed by atoms with Gasteiger partial charge in [-0.15, -0.1) is 0 Å². The molecule has 0 bridgehead atoms. The van der Waals surface area contributed by atoms with E-state index in [0.29, 0.717) is 6.54 Å². The minimum atomic E-state index is 0.198. The minimum Gasteiger partial charge on any atom is -0.367 e. The van der Waals surface area contributed by atoms with Gasteiger partial charge in [-0.25, -0.2) is 0 Å². The van der Waals surface area contributed by atoms with Crippen molar-refractivity contribution in [1.29, 1.82) is 0 Å². The Hall–Kier alpha value is -1.75. The van der Waals surface area contributed by atoms with Crippen LogP contribution in [0.1, 0.15) is 5.56 Å². The van der Waals surface area contributed by atoms with Crippen LogP contribution >= 0.6 is 23.2 Å². The molecule has 2 aromatic carbocycles. The maximum absolute atomic E-state index is 12.6. The average molecular weight is 393 g/mol. The number of benzene rings is 2. The highest BCUT2D eigenvalue weighted by molar-refractivity contribution is 6.33. The van der Waals surface area contributed by atoms with E-state index < -0.39 is 0 Å². The lowest BCUT2D eigenvalue weighted by Crippen LogP contribution is -3.09. The van der Waals surface area contributed by atoms with Crippen molar-refractivity contribution in [2.24, 2.45) is 0 Å². The number of halogens is 2. The lowest BCUT2D eigenvalue weighted by molar-refractivity contribution is -0.885. The van der Waals surface area contributed by atoms with Gasteiger partial charge in [0.1, 0.15) is 6.54 Å². The first-order chi connectivity index (χ1) is 12.5. The Morgan fingerprint density at radius 3 is 2.46 bits per heavy atom. The molecule has 1 fully saturated rings. The first kappa shape index (κ1) is 19.0. The summed E-state index contributed by atoms with van der Waals surface area (Å²) in [5.74, 6) is 0.198. The molecule has 1 aliphatic heterocycles. The molecule has 2 aromatic rings. The third-order valence-electron chi connectivity index (χ3n) is 4.67. The van der Waals surface area contributed by atoms with Crippen molar-refractivity contribution in [2.45, 2.75) is 6.54 Å². The van der Waals surface area contributed by atoms with Gasteiger partial charge in [-0.2, -0.15) is 0 Å². The molecule has 138 valence electrons. The SMILES string of the molecule is C[NH+](CC(=O)N1CCN(c2ccccc2Cl)CC1)Cc1cccc(Cl)c1. The second kappa shape index (κ2) is 8.76. The van der Waals surface area contributed by atoms with Crippen molar-refractivity contribution in [3.8, 4) is 0 Å². The van der Waals surface area contributed by atoms with Crippen LogP contribution in [0.4, 0.5) is 5.69 Å². The number of nitrogens with zero attached hydrogens (tertiary/aromatic N) is 2. The van der Waals surface area contributed by atoms with E-state index in [4.69, 9.17) is 23.2 Å². The van der Waals surface area contributed by atoms with Crippen LogP contribution in [0, 0.1) is 0 Å². The van der Waals surface area contributed by atoms with Crippen LogP contribution in [0.15, 0.2) is 48.5 Å². The van der Waals surface area contributed by atoms with E-state index >= 15 is 0 Å². The Morgan fingerprint density at radius 1 is 1.04 bits per heavy atom. The Labute approximate surface area is 164 Å². The number of para-hydroxylation sites is 1. The van der Waals surface area contributed by atoms with E-state index in [-0.39, 0.29) is 5.91 Å². The zero-order valence-electron chi connectivity index (χ0n) is 14.9. The van der Waals surface area contributed by atoms with Crippen molar-refractivity contribution in [2.75, 3.05) is 44.7 Å². The zero-order chi connectivity index (χ0) is 18.5. The summed E-state index contributed by atoms with van der Waals surface area (Å²) in [7, 11) is 2.04. The number of carbonyl (C=O) groups is 1. The molecule has 1 N–H and O–H groups in total. The smallest absolute Gasteiger partial charge is 0.277 e. The van der Waals surface area contributed by atoms with Crippen LogP contribution < -0.4 is 9.80 Å². The Bertz CT molecular complexity index is 760. The van der Waals surface area contributed by atoms with Crippen LogP contribution in [0.2, 0.25) is 10.0 Å². The molecule has 1 atom stereocenters. The van der Waals surface area contributed by atoms with Gasteiger partial charge < -0.3 is 14.7 Å². The van der Waals surface area contributed by atoms with Crippen LogP contribution in [0.25, 0.3) is 0 Å². The summed E-state index contributed by atoms with van der Waals surface area (Å²) in [6, 6.07) is 15.7. The number of carbonyl (C=O) groups excluding carboxylic acids is 1. The highest BCUT2D eigenvalue weighted by Gasteiger charge is 2.24. The largest absolute Gasteiger partial charge is 0.367 e. The normalized spacial score (nSPS) is 15.8. The predicted octanol–water partition coefficient (Wildman–Crippen LogP) is 2.36. The summed E-state index contributed by atoms with van der Waals surface area (Å²) >= 11 is 12.3. The van der Waals surface area contributed by atoms with E-state index in [1.54, 1.807) is 0 Å². The van der Waals surface area contributed by atoms with Crippen molar-refractivity contribution in [3.63, 3.8) is 0 Å². The van der Waals surface area contributed by atoms with Crippen LogP contribution in [-0.2, 0) is 11.3 Å². The molecule has 1 saturated heterocycles. The minimum absolute atomic E-state index is 0.198. The van der Waals surface area contributed by atoms with Crippen molar-refractivity contribution >= 4 is 34.8 Å². The first-order valence-electron chi connectivity index (χ1n) is 8.86. The molecule has 1 heterocycles. The van der Waals surface area contributed by atoms with Crippen molar-refractivity contribution in [3.05, 3.63) is 64.1 Å². The fourth-order valence-electron chi connectivity index (χ4n) is 3.33. The number of quaternary nitrogens is 1. The van der Waals surface area contributed by atoms with Crippen LogP contribution in [0.3, 0.4) is 0 Å². The molecule has 26 heavy (non-hydrogen) atoms. The number of piperazine rings is 1. The number of likely N-dealkylation sites (N-methyl/N-ethyl adjacent to an activating group) is 1. The van der Waals surface area contributed by atoms with Gasteiger partial charge in [0, 0.05) is 36.8 Å². The monoisotopic (exact) mass is 392 g/mol. The Morgan fingerprint density at radius 2 is 1.77 bits per heavy atom. The van der Waals surface area contributed by atoms with E-state index in [9.17, 15) is 4.79 Å². The van der Waals surface area contributed by atoms with E-state index in [0.717, 1.165) is 58.9 Å². The molecule has 6 heteroatoms. The Kier molecular flexibility index (Phi) is 6.41. The quantitative estimate of drug-likeness (QED) is 0.845. The lowest BCUT2D eigenvalue weighted by Gasteiger charge is -2.36. The highest BCUT2D eigenvalue weighted by atomic mass is 35.5. The average Bonchev–Trinajstić information content (AvgIpc) is 2.62. The third kappa shape index (κ3) is 4.91. The second-order valence-electron chi connectivity index (χ2n) is 6.76. The van der Waals surface area contributed by atoms with Gasteiger partial charge >= 0.3 is 0 Å². The molecule has 1 amide bonds. The lowest BCUT2D eigenvalue weighted by atomic mass is 10.2. The molecule has 0 aliphatic carbocycles. The molecule has 3 rings (SSSR count). The van der Waals surface area contributed by atoms with Gasteiger partial charge in [0.05, 0.1) is 17.8 Å². The fourth-order valence-corrected chi connectivity index (χ4v) is 3.80. The maximum Gasteiger partial charge on any atom is 0.277 e. The summed E-state index contributed by atoms with van der Waals surface area (Å²) in [5.41, 5.74) is 2.19. The molecule has 0 saturated carbocycles. The number of hydrogen-bond acceptors (Lipinski definition) is 2. The maximum atomic E-state index is 12.6. The number of nitrogens with one attached hydrogen (secondary N) is 1. The summed E-state index contributed by atoms with van der Waals surface area (Å²) in [5, 5.41) is 1.50. The van der Waals surface area contributed by atoms with Gasteiger partial charge in [0.15, 0.2) is 6.54 Å². The molecular formula is C20H24Cl2N3O+. The Balaban J connectivity index is 1.50. The van der Waals surface area contributed by atoms with Crippen molar-refractivity contribution in [1.82, 2.24) is 4.90 Å². The van der Waals surface area contributed by atoms with Crippen molar-refractivity contribution < 1.29 is 9.69 Å². The third-order valence-corrected chi connectivity index (χ3v) is 5.23. The molecule has 0 spiro atoms. The van der Waals surface area contributed by atoms with E-state index in [2.05, 4.69) is 4.90 Å². The summed E-state index contributed by atoms with van der Waals surface area (Å²) in [4.78, 5) is 18.0. The van der Waals surface area contributed by atoms with Crippen LogP contribution in [-0.4, -0.2) is 50.6 Å². The number of hydrogen-bond donors (Lipinski definition) is 1. The number of anilines is 1. The molecule has 1 unspecified atom stereocenters. The number of amides is 1. The van der Waals surface area contributed by atoms with Gasteiger partial charge in [-0.05, 0) is 24.3 Å². The van der Waals surface area contributed by atoms with Gasteiger partial charge in [0.2, 0.25) is 0 Å². The van der Waals surface area contributed by atoms with Gasteiger partial charge in [-0.1, -0.05) is 47.5 Å². The van der Waals surface area contributed by atoms with E-state index in [1.165, 1.54) is 0 Å². The van der Waals surface area contributed by atoms with Crippen LogP contribution in [0.5, 0.6) is 0 Å². The van der Waals surface area contributed by atoms with Gasteiger partial charge in [-0.3, -0.25) is 4.79 Å². The standard InChI is InChI=1S/C20H23Cl2N3O/c1-23(14-16-5-4-6-17(21)13-16)15-20(26)25-11-9-24(10-12-25)19-8-3-2-7-18(19)22/h2-8,13H,9-12,14-15H2,1H3/p+1. The zero-order valence-corrected chi connectivity index (χ0v) is 16.4. The topological polar surface area (TPSA) is 28.0 Å². The van der Waals surface area contributed by atoms with E-state index in [1.807, 2.05) is 60.5 Å².